The quantitative estimate of drug-likeness (QED) is 0.725. The van der Waals surface area contributed by atoms with Gasteiger partial charge in [-0.15, -0.1) is 0 Å². The first-order valence-electron chi connectivity index (χ1n) is 9.01. The summed E-state index contributed by atoms with van der Waals surface area (Å²) in [7, 11) is 6.86. The summed E-state index contributed by atoms with van der Waals surface area (Å²) < 4.78 is 13.9. The number of carbonyl (C=O) groups is 3. The number of anilines is 1. The molecule has 0 fully saturated rings. The lowest BCUT2D eigenvalue weighted by Crippen LogP contribution is -2.35. The van der Waals surface area contributed by atoms with E-state index in [4.69, 9.17) is 0 Å². The second-order valence-corrected chi connectivity index (χ2v) is 7.05. The van der Waals surface area contributed by atoms with Crippen LogP contribution in [0, 0.1) is 5.82 Å². The predicted octanol–water partition coefficient (Wildman–Crippen LogP) is 1.84. The van der Waals surface area contributed by atoms with E-state index in [1.54, 1.807) is 50.5 Å². The van der Waals surface area contributed by atoms with Crippen LogP contribution < -0.4 is 10.6 Å². The van der Waals surface area contributed by atoms with Crippen molar-refractivity contribution in [2.75, 3.05) is 33.5 Å². The van der Waals surface area contributed by atoms with Gasteiger partial charge in [0.05, 0.1) is 11.3 Å². The SMILES string of the molecule is CN(C)Cc1cc(CNC(=O)C(=O)Nc2ccccc2C(=O)N(C)C)ccc1F. The van der Waals surface area contributed by atoms with Crippen molar-refractivity contribution in [1.82, 2.24) is 15.1 Å². The van der Waals surface area contributed by atoms with Gasteiger partial charge in [0.1, 0.15) is 5.82 Å². The number of amides is 3. The van der Waals surface area contributed by atoms with Gasteiger partial charge in [-0.25, -0.2) is 4.39 Å². The van der Waals surface area contributed by atoms with Crippen LogP contribution in [-0.2, 0) is 22.7 Å². The molecule has 154 valence electrons. The number of nitrogens with zero attached hydrogens (tertiary/aromatic N) is 2. The first kappa shape index (κ1) is 22.0. The molecule has 0 unspecified atom stereocenters. The van der Waals surface area contributed by atoms with Crippen molar-refractivity contribution in [3.63, 3.8) is 0 Å². The van der Waals surface area contributed by atoms with Gasteiger partial charge >= 0.3 is 11.8 Å². The molecule has 0 aromatic heterocycles. The summed E-state index contributed by atoms with van der Waals surface area (Å²) in [5.74, 6) is -2.36. The Morgan fingerprint density at radius 3 is 2.31 bits per heavy atom. The number of benzene rings is 2. The monoisotopic (exact) mass is 400 g/mol. The molecular weight excluding hydrogens is 375 g/mol. The van der Waals surface area contributed by atoms with Crippen molar-refractivity contribution >= 4 is 23.4 Å². The van der Waals surface area contributed by atoms with Crippen molar-refractivity contribution in [3.05, 3.63) is 65.0 Å². The molecule has 0 aliphatic heterocycles. The average molecular weight is 400 g/mol. The van der Waals surface area contributed by atoms with Crippen molar-refractivity contribution in [1.29, 1.82) is 0 Å². The summed E-state index contributed by atoms with van der Waals surface area (Å²) in [6.07, 6.45) is 0. The Morgan fingerprint density at radius 1 is 0.966 bits per heavy atom. The minimum atomic E-state index is -0.889. The summed E-state index contributed by atoms with van der Waals surface area (Å²) in [5, 5.41) is 4.97. The summed E-state index contributed by atoms with van der Waals surface area (Å²) in [4.78, 5) is 39.8. The molecule has 0 saturated carbocycles. The van der Waals surface area contributed by atoms with Crippen LogP contribution in [0.1, 0.15) is 21.5 Å². The Hall–Kier alpha value is -3.26. The number of hydrogen-bond acceptors (Lipinski definition) is 4. The van der Waals surface area contributed by atoms with Gasteiger partial charge in [-0.05, 0) is 43.9 Å². The van der Waals surface area contributed by atoms with E-state index in [1.165, 1.54) is 11.0 Å². The van der Waals surface area contributed by atoms with Gasteiger partial charge in [-0.1, -0.05) is 18.2 Å². The lowest BCUT2D eigenvalue weighted by molar-refractivity contribution is -0.136. The highest BCUT2D eigenvalue weighted by atomic mass is 19.1. The zero-order valence-corrected chi connectivity index (χ0v) is 17.0. The fourth-order valence-electron chi connectivity index (χ4n) is 2.66. The lowest BCUT2D eigenvalue weighted by Gasteiger charge is -2.15. The Kier molecular flexibility index (Phi) is 7.44. The van der Waals surface area contributed by atoms with Crippen LogP contribution in [0.3, 0.4) is 0 Å². The average Bonchev–Trinajstić information content (AvgIpc) is 2.67. The lowest BCUT2D eigenvalue weighted by atomic mass is 10.1. The third kappa shape index (κ3) is 6.11. The maximum atomic E-state index is 13.9. The van der Waals surface area contributed by atoms with Crippen LogP contribution in [0.2, 0.25) is 0 Å². The molecule has 0 aliphatic rings. The van der Waals surface area contributed by atoms with E-state index in [-0.39, 0.29) is 29.5 Å². The maximum Gasteiger partial charge on any atom is 0.313 e. The highest BCUT2D eigenvalue weighted by Gasteiger charge is 2.18. The van der Waals surface area contributed by atoms with E-state index < -0.39 is 11.8 Å². The zero-order chi connectivity index (χ0) is 21.6. The van der Waals surface area contributed by atoms with E-state index in [0.29, 0.717) is 17.7 Å². The molecule has 2 N–H and O–H groups in total. The molecule has 29 heavy (non-hydrogen) atoms. The largest absolute Gasteiger partial charge is 0.345 e. The van der Waals surface area contributed by atoms with Gasteiger partial charge in [0, 0.05) is 32.7 Å². The molecule has 0 radical (unpaired) electrons. The molecule has 0 saturated heterocycles. The normalized spacial score (nSPS) is 10.6. The first-order chi connectivity index (χ1) is 13.7. The number of rotatable bonds is 6. The molecular formula is C21H25FN4O3. The molecule has 2 aromatic carbocycles. The van der Waals surface area contributed by atoms with Crippen LogP contribution in [-0.4, -0.2) is 55.7 Å². The van der Waals surface area contributed by atoms with Crippen molar-refractivity contribution in [2.24, 2.45) is 0 Å². The Balaban J connectivity index is 2.02. The number of carbonyl (C=O) groups excluding carboxylic acids is 3. The van der Waals surface area contributed by atoms with E-state index in [1.807, 2.05) is 19.0 Å². The number of para-hydroxylation sites is 1. The zero-order valence-electron chi connectivity index (χ0n) is 17.0. The molecule has 2 rings (SSSR count). The van der Waals surface area contributed by atoms with Gasteiger partial charge in [-0.2, -0.15) is 0 Å². The summed E-state index contributed by atoms with van der Waals surface area (Å²) >= 11 is 0. The third-order valence-corrected chi connectivity index (χ3v) is 4.07. The van der Waals surface area contributed by atoms with Crippen LogP contribution in [0.25, 0.3) is 0 Å². The minimum Gasteiger partial charge on any atom is -0.345 e. The topological polar surface area (TPSA) is 81.8 Å². The smallest absolute Gasteiger partial charge is 0.313 e. The van der Waals surface area contributed by atoms with E-state index in [2.05, 4.69) is 10.6 Å². The van der Waals surface area contributed by atoms with Gasteiger partial charge in [0.15, 0.2) is 0 Å². The van der Waals surface area contributed by atoms with Crippen LogP contribution in [0.5, 0.6) is 0 Å². The molecule has 0 atom stereocenters. The van der Waals surface area contributed by atoms with Gasteiger partial charge in [-0.3, -0.25) is 14.4 Å². The first-order valence-corrected chi connectivity index (χ1v) is 9.01. The van der Waals surface area contributed by atoms with Crippen molar-refractivity contribution < 1.29 is 18.8 Å². The molecule has 2 aromatic rings. The molecule has 0 aliphatic carbocycles. The Bertz CT molecular complexity index is 913. The molecule has 8 heteroatoms. The molecule has 0 heterocycles. The van der Waals surface area contributed by atoms with Crippen LogP contribution in [0.4, 0.5) is 10.1 Å². The van der Waals surface area contributed by atoms with E-state index in [9.17, 15) is 18.8 Å². The summed E-state index contributed by atoms with van der Waals surface area (Å²) in [5.41, 5.74) is 1.71. The maximum absolute atomic E-state index is 13.9. The van der Waals surface area contributed by atoms with Crippen molar-refractivity contribution in [3.8, 4) is 0 Å². The summed E-state index contributed by atoms with van der Waals surface area (Å²) in [6, 6.07) is 11.0. The van der Waals surface area contributed by atoms with Gasteiger partial charge in [0.2, 0.25) is 0 Å². The van der Waals surface area contributed by atoms with Crippen LogP contribution in [0.15, 0.2) is 42.5 Å². The molecule has 0 spiro atoms. The van der Waals surface area contributed by atoms with Gasteiger partial charge in [0.25, 0.3) is 5.91 Å². The minimum absolute atomic E-state index is 0.0746. The fourth-order valence-corrected chi connectivity index (χ4v) is 2.66. The van der Waals surface area contributed by atoms with E-state index in [0.717, 1.165) is 0 Å². The summed E-state index contributed by atoms with van der Waals surface area (Å²) in [6.45, 7) is 0.496. The number of nitrogens with one attached hydrogen (secondary N) is 2. The second-order valence-electron chi connectivity index (χ2n) is 7.05. The molecule has 0 bridgehead atoms. The number of halogens is 1. The molecule has 3 amide bonds. The van der Waals surface area contributed by atoms with Crippen LogP contribution >= 0.6 is 0 Å². The number of hydrogen-bond donors (Lipinski definition) is 2. The second kappa shape index (κ2) is 9.79. The van der Waals surface area contributed by atoms with E-state index >= 15 is 0 Å². The Labute approximate surface area is 169 Å². The standard InChI is InChI=1S/C21H25FN4O3/c1-25(2)13-15-11-14(9-10-17(15)22)12-23-19(27)20(28)24-18-8-6-5-7-16(18)21(29)26(3)4/h5-11H,12-13H2,1-4H3,(H,23,27)(H,24,28). The fraction of sp³-hybridized carbons (Fsp3) is 0.286. The van der Waals surface area contributed by atoms with Crippen molar-refractivity contribution in [2.45, 2.75) is 13.1 Å². The highest BCUT2D eigenvalue weighted by Crippen LogP contribution is 2.16. The molecule has 7 nitrogen and oxygen atoms in total. The predicted molar refractivity (Wildman–Crippen MR) is 109 cm³/mol. The highest BCUT2D eigenvalue weighted by molar-refractivity contribution is 6.40. The third-order valence-electron chi connectivity index (χ3n) is 4.07. The van der Waals surface area contributed by atoms with Gasteiger partial charge < -0.3 is 20.4 Å². The Morgan fingerprint density at radius 2 is 1.66 bits per heavy atom.